The van der Waals surface area contributed by atoms with Crippen LogP contribution in [-0.2, 0) is 9.53 Å². The fourth-order valence-electron chi connectivity index (χ4n) is 2.42. The highest BCUT2D eigenvalue weighted by Crippen LogP contribution is 2.38. The summed E-state index contributed by atoms with van der Waals surface area (Å²) in [5.41, 5.74) is 0.257. The summed E-state index contributed by atoms with van der Waals surface area (Å²) in [5, 5.41) is 9.24. The van der Waals surface area contributed by atoms with Gasteiger partial charge in [0, 0.05) is 12.1 Å². The van der Waals surface area contributed by atoms with E-state index >= 15 is 0 Å². The highest BCUT2D eigenvalue weighted by atomic mass is 16.5. The van der Waals surface area contributed by atoms with Crippen molar-refractivity contribution in [2.75, 3.05) is 41.1 Å². The Kier molecular flexibility index (Phi) is 5.28. The number of benzene rings is 1. The highest BCUT2D eigenvalue weighted by Gasteiger charge is 2.34. The Morgan fingerprint density at radius 2 is 1.78 bits per heavy atom. The van der Waals surface area contributed by atoms with Crippen molar-refractivity contribution in [3.05, 3.63) is 17.7 Å². The Bertz CT molecular complexity index is 576. The summed E-state index contributed by atoms with van der Waals surface area (Å²) < 4.78 is 20.8. The van der Waals surface area contributed by atoms with Crippen molar-refractivity contribution in [3.8, 4) is 17.2 Å². The van der Waals surface area contributed by atoms with Gasteiger partial charge in [-0.15, -0.1) is 0 Å². The highest BCUT2D eigenvalue weighted by molar-refractivity contribution is 5.98. The van der Waals surface area contributed by atoms with E-state index in [9.17, 15) is 14.7 Å². The number of amides is 1. The van der Waals surface area contributed by atoms with Gasteiger partial charge in [-0.2, -0.15) is 0 Å². The number of methoxy groups -OCH3 is 3. The summed E-state index contributed by atoms with van der Waals surface area (Å²) >= 11 is 0. The number of carboxylic acids is 1. The molecular weight excluding hydrogens is 306 g/mol. The van der Waals surface area contributed by atoms with E-state index in [0.29, 0.717) is 23.9 Å². The molecular formula is C15H19NO7. The number of hydrogen-bond donors (Lipinski definition) is 1. The van der Waals surface area contributed by atoms with E-state index in [0.717, 1.165) is 0 Å². The number of carboxylic acid groups (broad SMARTS) is 1. The Balaban J connectivity index is 2.40. The van der Waals surface area contributed by atoms with Gasteiger partial charge in [-0.05, 0) is 12.1 Å². The Morgan fingerprint density at radius 3 is 2.26 bits per heavy atom. The normalized spacial score (nSPS) is 17.5. The second-order valence-corrected chi connectivity index (χ2v) is 4.84. The second-order valence-electron chi connectivity index (χ2n) is 4.84. The number of ether oxygens (including phenoxy) is 4. The van der Waals surface area contributed by atoms with Gasteiger partial charge >= 0.3 is 5.97 Å². The largest absolute Gasteiger partial charge is 0.493 e. The average Bonchev–Trinajstić information content (AvgIpc) is 2.59. The molecule has 1 aliphatic rings. The minimum Gasteiger partial charge on any atom is -0.493 e. The molecule has 1 N–H and O–H groups in total. The van der Waals surface area contributed by atoms with Crippen LogP contribution in [0.3, 0.4) is 0 Å². The number of carbonyl (C=O) groups is 2. The molecule has 1 heterocycles. The molecule has 8 nitrogen and oxygen atoms in total. The molecule has 0 aromatic heterocycles. The van der Waals surface area contributed by atoms with Crippen molar-refractivity contribution in [2.45, 2.75) is 6.04 Å². The smallest absolute Gasteiger partial charge is 0.328 e. The van der Waals surface area contributed by atoms with Gasteiger partial charge in [0.25, 0.3) is 5.91 Å². The molecule has 1 aromatic rings. The van der Waals surface area contributed by atoms with E-state index in [-0.39, 0.29) is 18.7 Å². The molecule has 0 aliphatic carbocycles. The molecule has 1 atom stereocenters. The number of morpholine rings is 1. The van der Waals surface area contributed by atoms with Crippen molar-refractivity contribution < 1.29 is 33.6 Å². The minimum absolute atomic E-state index is 0.0362. The number of rotatable bonds is 5. The number of hydrogen-bond acceptors (Lipinski definition) is 6. The molecule has 1 amide bonds. The van der Waals surface area contributed by atoms with Gasteiger partial charge in [-0.3, -0.25) is 4.79 Å². The maximum atomic E-state index is 12.7. The van der Waals surface area contributed by atoms with Crippen LogP contribution in [-0.4, -0.2) is 69.0 Å². The van der Waals surface area contributed by atoms with Gasteiger partial charge < -0.3 is 29.0 Å². The first-order valence-corrected chi connectivity index (χ1v) is 6.95. The van der Waals surface area contributed by atoms with Crippen LogP contribution in [0.15, 0.2) is 12.1 Å². The minimum atomic E-state index is -1.11. The molecule has 1 fully saturated rings. The maximum Gasteiger partial charge on any atom is 0.328 e. The third-order valence-corrected chi connectivity index (χ3v) is 3.59. The molecule has 2 rings (SSSR count). The van der Waals surface area contributed by atoms with Crippen LogP contribution in [0.5, 0.6) is 17.2 Å². The van der Waals surface area contributed by atoms with Crippen molar-refractivity contribution in [1.29, 1.82) is 0 Å². The van der Waals surface area contributed by atoms with E-state index in [2.05, 4.69) is 0 Å². The number of nitrogens with zero attached hydrogens (tertiary/aromatic N) is 1. The summed E-state index contributed by atoms with van der Waals surface area (Å²) in [5.74, 6) is -0.514. The zero-order valence-corrected chi connectivity index (χ0v) is 13.2. The first-order chi connectivity index (χ1) is 11.0. The third kappa shape index (κ3) is 3.31. The lowest BCUT2D eigenvalue weighted by molar-refractivity contribution is -0.147. The Labute approximate surface area is 133 Å². The summed E-state index contributed by atoms with van der Waals surface area (Å²) in [4.78, 5) is 25.3. The van der Waals surface area contributed by atoms with Crippen LogP contribution in [0, 0.1) is 0 Å². The van der Waals surface area contributed by atoms with Gasteiger partial charge in [0.2, 0.25) is 5.75 Å². The zero-order chi connectivity index (χ0) is 17.0. The van der Waals surface area contributed by atoms with E-state index in [1.165, 1.54) is 38.4 Å². The van der Waals surface area contributed by atoms with Crippen molar-refractivity contribution >= 4 is 11.9 Å². The summed E-state index contributed by atoms with van der Waals surface area (Å²) in [6.45, 7) is 0.456. The first-order valence-electron chi connectivity index (χ1n) is 6.95. The Morgan fingerprint density at radius 1 is 1.17 bits per heavy atom. The maximum absolute atomic E-state index is 12.7. The monoisotopic (exact) mass is 325 g/mol. The molecule has 1 saturated heterocycles. The van der Waals surface area contributed by atoms with Gasteiger partial charge in [-0.25, -0.2) is 4.79 Å². The lowest BCUT2D eigenvalue weighted by atomic mass is 10.1. The quantitative estimate of drug-likeness (QED) is 0.849. The summed E-state index contributed by atoms with van der Waals surface area (Å²) in [6.07, 6.45) is 0. The SMILES string of the molecule is COc1cc(C(=O)N2CCOCC2C(=O)O)cc(OC)c1OC. The van der Waals surface area contributed by atoms with Crippen LogP contribution in [0.2, 0.25) is 0 Å². The van der Waals surface area contributed by atoms with Crippen molar-refractivity contribution in [3.63, 3.8) is 0 Å². The summed E-state index contributed by atoms with van der Waals surface area (Å²) in [7, 11) is 4.35. The lowest BCUT2D eigenvalue weighted by Gasteiger charge is -2.33. The van der Waals surface area contributed by atoms with Crippen LogP contribution in [0.4, 0.5) is 0 Å². The molecule has 8 heteroatoms. The van der Waals surface area contributed by atoms with Crippen LogP contribution in [0.25, 0.3) is 0 Å². The number of carbonyl (C=O) groups excluding carboxylic acids is 1. The lowest BCUT2D eigenvalue weighted by Crippen LogP contribution is -2.52. The molecule has 0 spiro atoms. The van der Waals surface area contributed by atoms with Gasteiger partial charge in [0.15, 0.2) is 17.5 Å². The van der Waals surface area contributed by atoms with Gasteiger partial charge in [-0.1, -0.05) is 0 Å². The number of aliphatic carboxylic acids is 1. The standard InChI is InChI=1S/C15H19NO7/c1-20-11-6-9(7-12(21-2)13(11)22-3)14(17)16-4-5-23-8-10(16)15(18)19/h6-7,10H,4-5,8H2,1-3H3,(H,18,19). The molecule has 126 valence electrons. The molecule has 1 aliphatic heterocycles. The van der Waals surface area contributed by atoms with E-state index in [4.69, 9.17) is 18.9 Å². The average molecular weight is 325 g/mol. The molecule has 1 unspecified atom stereocenters. The predicted octanol–water partition coefficient (Wildman–Crippen LogP) is 0.638. The molecule has 0 bridgehead atoms. The zero-order valence-electron chi connectivity index (χ0n) is 13.2. The van der Waals surface area contributed by atoms with Crippen LogP contribution >= 0.6 is 0 Å². The van der Waals surface area contributed by atoms with Crippen molar-refractivity contribution in [2.24, 2.45) is 0 Å². The molecule has 0 radical (unpaired) electrons. The predicted molar refractivity (Wildman–Crippen MR) is 79.4 cm³/mol. The van der Waals surface area contributed by atoms with Crippen LogP contribution < -0.4 is 14.2 Å². The van der Waals surface area contributed by atoms with Gasteiger partial charge in [0.05, 0.1) is 34.5 Å². The van der Waals surface area contributed by atoms with E-state index in [1.54, 1.807) is 0 Å². The molecule has 1 aromatic carbocycles. The van der Waals surface area contributed by atoms with E-state index < -0.39 is 17.9 Å². The summed E-state index contributed by atoms with van der Waals surface area (Å²) in [6, 6.07) is 1.98. The van der Waals surface area contributed by atoms with Crippen LogP contribution in [0.1, 0.15) is 10.4 Å². The molecule has 0 saturated carbocycles. The fourth-order valence-corrected chi connectivity index (χ4v) is 2.42. The second kappa shape index (κ2) is 7.19. The molecule has 23 heavy (non-hydrogen) atoms. The Hall–Kier alpha value is -2.48. The topological polar surface area (TPSA) is 94.5 Å². The van der Waals surface area contributed by atoms with E-state index in [1.807, 2.05) is 0 Å². The first kappa shape index (κ1) is 16.9. The fraction of sp³-hybridized carbons (Fsp3) is 0.467. The third-order valence-electron chi connectivity index (χ3n) is 3.59. The van der Waals surface area contributed by atoms with Gasteiger partial charge in [0.1, 0.15) is 0 Å². The van der Waals surface area contributed by atoms with Crippen molar-refractivity contribution in [1.82, 2.24) is 4.90 Å².